The summed E-state index contributed by atoms with van der Waals surface area (Å²) in [7, 11) is 0. The molecule has 0 aliphatic heterocycles. The van der Waals surface area contributed by atoms with E-state index in [0.717, 1.165) is 23.3 Å². The molecule has 2 aromatic rings. The Labute approximate surface area is 114 Å². The quantitative estimate of drug-likeness (QED) is 0.898. The molecule has 5 nitrogen and oxygen atoms in total. The Hall–Kier alpha value is -1.53. The van der Waals surface area contributed by atoms with Crippen LogP contribution in [0.2, 0.25) is 0 Å². The number of rotatable bonds is 4. The summed E-state index contributed by atoms with van der Waals surface area (Å²) in [5, 5.41) is 16.7. The van der Waals surface area contributed by atoms with Gasteiger partial charge in [0.2, 0.25) is 0 Å². The van der Waals surface area contributed by atoms with Crippen LogP contribution in [0.3, 0.4) is 0 Å². The maximum atomic E-state index is 11.7. The molecule has 1 aromatic heterocycles. The molecule has 1 heterocycles. The van der Waals surface area contributed by atoms with E-state index in [-0.39, 0.29) is 5.69 Å². The van der Waals surface area contributed by atoms with Gasteiger partial charge in [0.05, 0.1) is 6.10 Å². The molecule has 1 aromatic carbocycles. The van der Waals surface area contributed by atoms with Crippen molar-refractivity contribution in [3.05, 3.63) is 40.3 Å². The molecule has 1 aliphatic carbocycles. The molecule has 1 fully saturated rings. The van der Waals surface area contributed by atoms with Gasteiger partial charge in [-0.2, -0.15) is 0 Å². The Balaban J connectivity index is 1.83. The molecule has 0 saturated heterocycles. The van der Waals surface area contributed by atoms with E-state index in [4.69, 9.17) is 0 Å². The second kappa shape index (κ2) is 4.86. The zero-order valence-corrected chi connectivity index (χ0v) is 11.4. The lowest BCUT2D eigenvalue weighted by molar-refractivity contribution is 0.199. The van der Waals surface area contributed by atoms with Gasteiger partial charge in [0, 0.05) is 10.9 Å². The lowest BCUT2D eigenvalue weighted by Gasteiger charge is -2.06. The zero-order valence-electron chi connectivity index (χ0n) is 10.5. The maximum absolute atomic E-state index is 11.7. The van der Waals surface area contributed by atoms with E-state index in [1.54, 1.807) is 11.5 Å². The molecule has 6 heteroatoms. The maximum Gasteiger partial charge on any atom is 0.344 e. The van der Waals surface area contributed by atoms with Crippen LogP contribution in [0.1, 0.15) is 37.5 Å². The van der Waals surface area contributed by atoms with Gasteiger partial charge < -0.3 is 5.11 Å². The molecular weight excluding hydrogens is 262 g/mol. The second-order valence-corrected chi connectivity index (χ2v) is 5.80. The van der Waals surface area contributed by atoms with Crippen LogP contribution in [0, 0.1) is 0 Å². The standard InChI is InChI=1S/C13H15N3O2S/c1-8(17)9-2-6-11(7-3-9)19-13-15-14-12(18)16(13)10-4-5-10/h2-3,6-8,10,17H,4-5H2,1H3,(H,14,18). The van der Waals surface area contributed by atoms with Gasteiger partial charge in [-0.25, -0.2) is 9.89 Å². The third-order valence-corrected chi connectivity index (χ3v) is 4.13. The van der Waals surface area contributed by atoms with Crippen LogP contribution in [0.5, 0.6) is 0 Å². The van der Waals surface area contributed by atoms with Gasteiger partial charge in [-0.15, -0.1) is 5.10 Å². The van der Waals surface area contributed by atoms with E-state index < -0.39 is 6.10 Å². The molecule has 1 unspecified atom stereocenters. The summed E-state index contributed by atoms with van der Waals surface area (Å²) in [6.07, 6.45) is 1.64. The molecule has 1 aliphatic rings. The predicted molar refractivity (Wildman–Crippen MR) is 72.3 cm³/mol. The highest BCUT2D eigenvalue weighted by molar-refractivity contribution is 7.99. The highest BCUT2D eigenvalue weighted by Crippen LogP contribution is 2.37. The van der Waals surface area contributed by atoms with E-state index in [9.17, 15) is 9.90 Å². The highest BCUT2D eigenvalue weighted by Gasteiger charge is 2.28. The number of aromatic nitrogens is 3. The first-order valence-electron chi connectivity index (χ1n) is 6.28. The molecule has 2 N–H and O–H groups in total. The first-order valence-corrected chi connectivity index (χ1v) is 7.09. The van der Waals surface area contributed by atoms with Crippen molar-refractivity contribution in [2.45, 2.75) is 42.0 Å². The summed E-state index contributed by atoms with van der Waals surface area (Å²) >= 11 is 1.46. The molecule has 19 heavy (non-hydrogen) atoms. The van der Waals surface area contributed by atoms with Crippen LogP contribution in [0.15, 0.2) is 39.1 Å². The minimum atomic E-state index is -0.464. The number of hydrogen-bond acceptors (Lipinski definition) is 4. The lowest BCUT2D eigenvalue weighted by atomic mass is 10.1. The van der Waals surface area contributed by atoms with E-state index in [1.165, 1.54) is 11.8 Å². The Bertz CT molecular complexity index is 626. The van der Waals surface area contributed by atoms with Crippen molar-refractivity contribution in [2.24, 2.45) is 0 Å². The molecule has 100 valence electrons. The fraction of sp³-hybridized carbons (Fsp3) is 0.385. The topological polar surface area (TPSA) is 70.9 Å². The number of hydrogen-bond donors (Lipinski definition) is 2. The van der Waals surface area contributed by atoms with Crippen LogP contribution >= 0.6 is 11.8 Å². The monoisotopic (exact) mass is 277 g/mol. The van der Waals surface area contributed by atoms with Gasteiger partial charge in [-0.1, -0.05) is 12.1 Å². The molecule has 3 rings (SSSR count). The summed E-state index contributed by atoms with van der Waals surface area (Å²) in [4.78, 5) is 12.7. The first-order chi connectivity index (χ1) is 9.15. The van der Waals surface area contributed by atoms with E-state index >= 15 is 0 Å². The third-order valence-electron chi connectivity index (χ3n) is 3.16. The number of benzene rings is 1. The number of nitrogens with zero attached hydrogens (tertiary/aromatic N) is 2. The number of aromatic amines is 1. The fourth-order valence-electron chi connectivity index (χ4n) is 1.94. The minimum Gasteiger partial charge on any atom is -0.389 e. The van der Waals surface area contributed by atoms with Gasteiger partial charge in [0.15, 0.2) is 5.16 Å². The molecule has 1 atom stereocenters. The normalized spacial score (nSPS) is 16.5. The Morgan fingerprint density at radius 1 is 1.42 bits per heavy atom. The molecule has 0 spiro atoms. The van der Waals surface area contributed by atoms with Gasteiger partial charge in [0.25, 0.3) is 0 Å². The average Bonchev–Trinajstić information content (AvgIpc) is 3.16. The van der Waals surface area contributed by atoms with Gasteiger partial charge >= 0.3 is 5.69 Å². The first kappa shape index (κ1) is 12.5. The van der Waals surface area contributed by atoms with Crippen molar-refractivity contribution < 1.29 is 5.11 Å². The van der Waals surface area contributed by atoms with Gasteiger partial charge in [0.1, 0.15) is 0 Å². The Morgan fingerprint density at radius 2 is 2.11 bits per heavy atom. The number of aliphatic hydroxyl groups excluding tert-OH is 1. The fourth-order valence-corrected chi connectivity index (χ4v) is 2.84. The van der Waals surface area contributed by atoms with E-state index in [1.807, 2.05) is 24.3 Å². The summed E-state index contributed by atoms with van der Waals surface area (Å²) in [5.41, 5.74) is 0.747. The minimum absolute atomic E-state index is 0.134. The Morgan fingerprint density at radius 3 is 2.68 bits per heavy atom. The summed E-state index contributed by atoms with van der Waals surface area (Å²) in [6.45, 7) is 1.74. The van der Waals surface area contributed by atoms with E-state index in [2.05, 4.69) is 10.2 Å². The summed E-state index contributed by atoms with van der Waals surface area (Å²) < 4.78 is 1.73. The molecule has 0 radical (unpaired) electrons. The largest absolute Gasteiger partial charge is 0.389 e. The number of H-pyrrole nitrogens is 1. The molecule has 0 bridgehead atoms. The number of aliphatic hydroxyl groups is 1. The third kappa shape index (κ3) is 2.59. The zero-order chi connectivity index (χ0) is 13.4. The van der Waals surface area contributed by atoms with Crippen LogP contribution in [-0.4, -0.2) is 19.9 Å². The summed E-state index contributed by atoms with van der Waals surface area (Å²) in [6, 6.07) is 7.95. The predicted octanol–water partition coefficient (Wildman–Crippen LogP) is 2.11. The molecule has 1 saturated carbocycles. The SMILES string of the molecule is CC(O)c1ccc(Sc2n[nH]c(=O)n2C2CC2)cc1. The van der Waals surface area contributed by atoms with Crippen LogP contribution in [-0.2, 0) is 0 Å². The van der Waals surface area contributed by atoms with Crippen molar-refractivity contribution >= 4 is 11.8 Å². The molecular formula is C13H15N3O2S. The highest BCUT2D eigenvalue weighted by atomic mass is 32.2. The van der Waals surface area contributed by atoms with Crippen molar-refractivity contribution in [3.8, 4) is 0 Å². The Kier molecular flexibility index (Phi) is 3.20. The number of nitrogens with one attached hydrogen (secondary N) is 1. The van der Waals surface area contributed by atoms with Gasteiger partial charge in [-0.3, -0.25) is 4.57 Å². The van der Waals surface area contributed by atoms with Crippen molar-refractivity contribution in [2.75, 3.05) is 0 Å². The lowest BCUT2D eigenvalue weighted by Crippen LogP contribution is -2.15. The van der Waals surface area contributed by atoms with E-state index in [0.29, 0.717) is 11.2 Å². The molecule has 0 amide bonds. The van der Waals surface area contributed by atoms with Gasteiger partial charge in [-0.05, 0) is 49.2 Å². The second-order valence-electron chi connectivity index (χ2n) is 4.76. The van der Waals surface area contributed by atoms with Crippen molar-refractivity contribution in [3.63, 3.8) is 0 Å². The average molecular weight is 277 g/mol. The van der Waals surface area contributed by atoms with Crippen molar-refractivity contribution in [1.29, 1.82) is 0 Å². The summed E-state index contributed by atoms with van der Waals surface area (Å²) in [5.74, 6) is 0. The smallest absolute Gasteiger partial charge is 0.344 e. The van der Waals surface area contributed by atoms with Crippen LogP contribution in [0.4, 0.5) is 0 Å². The van der Waals surface area contributed by atoms with Crippen LogP contribution in [0.25, 0.3) is 0 Å². The van der Waals surface area contributed by atoms with Crippen molar-refractivity contribution in [1.82, 2.24) is 14.8 Å². The van der Waals surface area contributed by atoms with Crippen LogP contribution < -0.4 is 5.69 Å².